The van der Waals surface area contributed by atoms with Crippen molar-refractivity contribution in [2.45, 2.75) is 43.7 Å². The van der Waals surface area contributed by atoms with Crippen LogP contribution in [0.5, 0.6) is 0 Å². The van der Waals surface area contributed by atoms with Gasteiger partial charge in [-0.25, -0.2) is 13.1 Å². The molecule has 4 rings (SSSR count). The van der Waals surface area contributed by atoms with Crippen molar-refractivity contribution in [1.82, 2.24) is 9.29 Å². The van der Waals surface area contributed by atoms with E-state index in [0.717, 1.165) is 34.9 Å². The van der Waals surface area contributed by atoms with Crippen molar-refractivity contribution in [3.05, 3.63) is 39.7 Å². The van der Waals surface area contributed by atoms with Gasteiger partial charge in [0.2, 0.25) is 10.0 Å². The summed E-state index contributed by atoms with van der Waals surface area (Å²) in [5.74, 6) is 0. The van der Waals surface area contributed by atoms with Crippen LogP contribution in [0.15, 0.2) is 27.9 Å². The maximum atomic E-state index is 12.7. The molecule has 7 heteroatoms. The van der Waals surface area contributed by atoms with Crippen LogP contribution in [0.4, 0.5) is 0 Å². The first kappa shape index (κ1) is 15.8. The normalized spacial score (nSPS) is 20.1. The van der Waals surface area contributed by atoms with Crippen LogP contribution < -0.4 is 10.3 Å². The van der Waals surface area contributed by atoms with Gasteiger partial charge in [-0.15, -0.1) is 0 Å². The molecule has 0 saturated carbocycles. The van der Waals surface area contributed by atoms with Crippen molar-refractivity contribution < 1.29 is 13.2 Å². The molecule has 1 aromatic carbocycles. The van der Waals surface area contributed by atoms with E-state index in [-0.39, 0.29) is 16.6 Å². The summed E-state index contributed by atoms with van der Waals surface area (Å²) < 4.78 is 35.2. The lowest BCUT2D eigenvalue weighted by molar-refractivity contribution is 0.114. The first-order valence-corrected chi connectivity index (χ1v) is 9.72. The van der Waals surface area contributed by atoms with E-state index in [9.17, 15) is 13.2 Å². The molecule has 3 heterocycles. The van der Waals surface area contributed by atoms with Gasteiger partial charge in [0.25, 0.3) is 5.56 Å². The molecule has 0 bridgehead atoms. The second-order valence-electron chi connectivity index (χ2n) is 6.53. The Labute approximate surface area is 140 Å². The van der Waals surface area contributed by atoms with Gasteiger partial charge in [-0.3, -0.25) is 4.79 Å². The third-order valence-electron chi connectivity index (χ3n) is 4.90. The van der Waals surface area contributed by atoms with Crippen molar-refractivity contribution in [3.63, 3.8) is 0 Å². The fraction of sp³-hybridized carbons (Fsp3) is 0.471. The number of benzene rings is 1. The van der Waals surface area contributed by atoms with E-state index in [4.69, 9.17) is 4.74 Å². The minimum absolute atomic E-state index is 0.0223. The van der Waals surface area contributed by atoms with E-state index in [1.165, 1.54) is 0 Å². The third-order valence-corrected chi connectivity index (χ3v) is 6.31. The van der Waals surface area contributed by atoms with E-state index in [2.05, 4.69) is 4.72 Å². The number of aryl methyl sites for hydroxylation is 3. The molecule has 0 unspecified atom stereocenters. The Balaban J connectivity index is 1.74. The summed E-state index contributed by atoms with van der Waals surface area (Å²) in [6, 6.07) is 4.95. The highest BCUT2D eigenvalue weighted by Crippen LogP contribution is 2.29. The highest BCUT2D eigenvalue weighted by molar-refractivity contribution is 7.89. The molecule has 24 heavy (non-hydrogen) atoms. The molecular weight excluding hydrogens is 328 g/mol. The van der Waals surface area contributed by atoms with Gasteiger partial charge in [0.15, 0.2) is 0 Å². The highest BCUT2D eigenvalue weighted by atomic mass is 32.2. The van der Waals surface area contributed by atoms with Gasteiger partial charge in [-0.2, -0.15) is 0 Å². The molecule has 1 atom stereocenters. The second kappa shape index (κ2) is 5.68. The molecule has 1 fully saturated rings. The number of rotatable bonds is 4. The number of aromatic nitrogens is 1. The van der Waals surface area contributed by atoms with Crippen LogP contribution in [-0.4, -0.2) is 32.2 Å². The third kappa shape index (κ3) is 2.56. The Kier molecular flexibility index (Phi) is 3.74. The van der Waals surface area contributed by atoms with Crippen molar-refractivity contribution in [2.24, 2.45) is 0 Å². The van der Waals surface area contributed by atoms with E-state index in [0.29, 0.717) is 26.1 Å². The summed E-state index contributed by atoms with van der Waals surface area (Å²) in [5.41, 5.74) is 2.58. The van der Waals surface area contributed by atoms with Gasteiger partial charge < -0.3 is 9.30 Å². The highest BCUT2D eigenvalue weighted by Gasteiger charge is 2.24. The summed E-state index contributed by atoms with van der Waals surface area (Å²) in [6.45, 7) is 3.45. The number of hydrogen-bond donors (Lipinski definition) is 1. The lowest BCUT2D eigenvalue weighted by Gasteiger charge is -2.13. The number of sulfonamides is 1. The quantitative estimate of drug-likeness (QED) is 0.904. The predicted molar refractivity (Wildman–Crippen MR) is 90.8 cm³/mol. The average Bonchev–Trinajstić information content (AvgIpc) is 3.20. The van der Waals surface area contributed by atoms with E-state index in [1.54, 1.807) is 22.8 Å². The van der Waals surface area contributed by atoms with Gasteiger partial charge in [0.1, 0.15) is 0 Å². The molecule has 2 aliphatic rings. The fourth-order valence-electron chi connectivity index (χ4n) is 3.63. The summed E-state index contributed by atoms with van der Waals surface area (Å²) in [7, 11) is -3.59. The molecule has 1 saturated heterocycles. The van der Waals surface area contributed by atoms with Crippen LogP contribution in [-0.2, 0) is 27.7 Å². The Bertz CT molecular complexity index is 972. The standard InChI is InChI=1S/C17H20N2O4S/c1-11-7-16(20)19-5-4-12-8-14(9-15(11)17(12)19)24(21,22)18-10-13-3-2-6-23-13/h7-9,13,18H,2-6,10H2,1H3/t13-/m0/s1. The molecule has 1 N–H and O–H groups in total. The zero-order valence-electron chi connectivity index (χ0n) is 13.5. The summed E-state index contributed by atoms with van der Waals surface area (Å²) >= 11 is 0. The van der Waals surface area contributed by atoms with Gasteiger partial charge in [-0.05, 0) is 49.4 Å². The molecule has 0 spiro atoms. The maximum absolute atomic E-state index is 12.7. The van der Waals surface area contributed by atoms with Gasteiger partial charge in [-0.1, -0.05) is 0 Å². The van der Waals surface area contributed by atoms with Crippen molar-refractivity contribution in [2.75, 3.05) is 13.2 Å². The van der Waals surface area contributed by atoms with Crippen molar-refractivity contribution in [1.29, 1.82) is 0 Å². The average molecular weight is 348 g/mol. The van der Waals surface area contributed by atoms with Crippen LogP contribution >= 0.6 is 0 Å². The largest absolute Gasteiger partial charge is 0.377 e. The maximum Gasteiger partial charge on any atom is 0.251 e. The molecule has 0 aliphatic carbocycles. The number of pyridine rings is 1. The number of hydrogen-bond acceptors (Lipinski definition) is 4. The lowest BCUT2D eigenvalue weighted by Crippen LogP contribution is -2.31. The van der Waals surface area contributed by atoms with Crippen LogP contribution in [0.1, 0.15) is 24.0 Å². The number of ether oxygens (including phenoxy) is 1. The van der Waals surface area contributed by atoms with E-state index in [1.807, 2.05) is 6.92 Å². The van der Waals surface area contributed by atoms with E-state index < -0.39 is 10.0 Å². The lowest BCUT2D eigenvalue weighted by atomic mass is 10.1. The molecule has 6 nitrogen and oxygen atoms in total. The monoisotopic (exact) mass is 348 g/mol. The minimum Gasteiger partial charge on any atom is -0.377 e. The summed E-state index contributed by atoms with van der Waals surface area (Å²) in [4.78, 5) is 12.3. The van der Waals surface area contributed by atoms with Crippen LogP contribution in [0.2, 0.25) is 0 Å². The SMILES string of the molecule is Cc1cc(=O)n2c3c(cc(S(=O)(=O)NC[C@@H]4CCCO4)cc13)CC2. The van der Waals surface area contributed by atoms with Crippen LogP contribution in [0, 0.1) is 6.92 Å². The summed E-state index contributed by atoms with van der Waals surface area (Å²) in [6.07, 6.45) is 2.51. The Morgan fingerprint density at radius 2 is 2.17 bits per heavy atom. The molecular formula is C17H20N2O4S. The number of nitrogens with zero attached hydrogens (tertiary/aromatic N) is 1. The predicted octanol–water partition coefficient (Wildman–Crippen LogP) is 1.32. The molecule has 0 radical (unpaired) electrons. The molecule has 2 aliphatic heterocycles. The van der Waals surface area contributed by atoms with Gasteiger partial charge >= 0.3 is 0 Å². The molecule has 1 aromatic heterocycles. The Morgan fingerprint density at radius 1 is 1.33 bits per heavy atom. The van der Waals surface area contributed by atoms with E-state index >= 15 is 0 Å². The Hall–Kier alpha value is -1.70. The zero-order valence-corrected chi connectivity index (χ0v) is 14.4. The first-order valence-electron chi connectivity index (χ1n) is 8.24. The van der Waals surface area contributed by atoms with Crippen LogP contribution in [0.3, 0.4) is 0 Å². The second-order valence-corrected chi connectivity index (χ2v) is 8.30. The zero-order chi connectivity index (χ0) is 16.9. The Morgan fingerprint density at radius 3 is 2.92 bits per heavy atom. The van der Waals surface area contributed by atoms with Gasteiger partial charge in [0.05, 0.1) is 16.5 Å². The first-order chi connectivity index (χ1) is 11.5. The molecule has 128 valence electrons. The topological polar surface area (TPSA) is 77.4 Å². The number of nitrogens with one attached hydrogen (secondary N) is 1. The molecule has 0 amide bonds. The van der Waals surface area contributed by atoms with Crippen molar-refractivity contribution >= 4 is 20.9 Å². The van der Waals surface area contributed by atoms with Crippen molar-refractivity contribution in [3.8, 4) is 0 Å². The smallest absolute Gasteiger partial charge is 0.251 e. The van der Waals surface area contributed by atoms with Gasteiger partial charge in [0, 0.05) is 31.1 Å². The minimum atomic E-state index is -3.59. The molecule has 2 aromatic rings. The fourth-order valence-corrected chi connectivity index (χ4v) is 4.77. The van der Waals surface area contributed by atoms with Crippen LogP contribution in [0.25, 0.3) is 10.9 Å². The summed E-state index contributed by atoms with van der Waals surface area (Å²) in [5, 5.41) is 0.835.